The molecule has 120 valence electrons. The van der Waals surface area contributed by atoms with E-state index < -0.39 is 10.8 Å². The topological polar surface area (TPSA) is 75.5 Å². The number of nitrogens with one attached hydrogen (secondary N) is 1. The molecule has 1 aliphatic heterocycles. The number of hydrogen-bond acceptors (Lipinski definition) is 4. The minimum atomic E-state index is -0.523. The van der Waals surface area contributed by atoms with Crippen LogP contribution in [-0.4, -0.2) is 40.9 Å². The molecule has 6 nitrogen and oxygen atoms in total. The van der Waals surface area contributed by atoms with Gasteiger partial charge in [0.25, 0.3) is 11.6 Å². The number of nitro groups is 1. The molecule has 1 aromatic rings. The Labute approximate surface area is 130 Å². The van der Waals surface area contributed by atoms with Gasteiger partial charge < -0.3 is 5.32 Å². The summed E-state index contributed by atoms with van der Waals surface area (Å²) in [6.45, 7) is 6.73. The number of benzene rings is 1. The molecule has 1 fully saturated rings. The fourth-order valence-corrected chi connectivity index (χ4v) is 2.83. The Hall–Kier alpha value is -1.95. The maximum atomic E-state index is 12.3. The summed E-state index contributed by atoms with van der Waals surface area (Å²) >= 11 is 0. The van der Waals surface area contributed by atoms with Gasteiger partial charge in [0.1, 0.15) is 5.56 Å². The second-order valence-electron chi connectivity index (χ2n) is 6.32. The molecule has 22 heavy (non-hydrogen) atoms. The van der Waals surface area contributed by atoms with Crippen molar-refractivity contribution in [3.63, 3.8) is 0 Å². The van der Waals surface area contributed by atoms with Crippen molar-refractivity contribution in [2.24, 2.45) is 0 Å². The van der Waals surface area contributed by atoms with Crippen molar-refractivity contribution in [3.05, 3.63) is 39.9 Å². The summed E-state index contributed by atoms with van der Waals surface area (Å²) in [4.78, 5) is 25.1. The van der Waals surface area contributed by atoms with Crippen LogP contribution in [0, 0.1) is 10.1 Å². The van der Waals surface area contributed by atoms with Crippen molar-refractivity contribution >= 4 is 11.6 Å². The molecule has 0 spiro atoms. The molecule has 1 N–H and O–H groups in total. The molecule has 0 aromatic heterocycles. The third kappa shape index (κ3) is 3.82. The second kappa shape index (κ2) is 6.87. The average Bonchev–Trinajstić information content (AvgIpc) is 2.53. The molecule has 0 radical (unpaired) electrons. The summed E-state index contributed by atoms with van der Waals surface area (Å²) in [5.74, 6) is -0.391. The predicted molar refractivity (Wildman–Crippen MR) is 84.9 cm³/mol. The number of likely N-dealkylation sites (tertiary alicyclic amines) is 1. The van der Waals surface area contributed by atoms with Crippen LogP contribution in [0.3, 0.4) is 0 Å². The monoisotopic (exact) mass is 305 g/mol. The van der Waals surface area contributed by atoms with Gasteiger partial charge in [-0.1, -0.05) is 18.6 Å². The maximum absolute atomic E-state index is 12.3. The quantitative estimate of drug-likeness (QED) is 0.670. The van der Waals surface area contributed by atoms with E-state index in [-0.39, 0.29) is 16.8 Å². The number of rotatable bonds is 5. The lowest BCUT2D eigenvalue weighted by molar-refractivity contribution is -0.385. The third-order valence-electron chi connectivity index (χ3n) is 4.24. The molecule has 1 aromatic carbocycles. The number of para-hydroxylation sites is 1. The molecule has 0 aliphatic carbocycles. The smallest absolute Gasteiger partial charge is 0.282 e. The van der Waals surface area contributed by atoms with Crippen molar-refractivity contribution < 1.29 is 9.72 Å². The fraction of sp³-hybridized carbons (Fsp3) is 0.562. The van der Waals surface area contributed by atoms with Crippen LogP contribution in [0.15, 0.2) is 24.3 Å². The zero-order chi connectivity index (χ0) is 16.2. The number of carbonyl (C=O) groups is 1. The molecule has 1 heterocycles. The molecule has 0 atom stereocenters. The van der Waals surface area contributed by atoms with E-state index in [9.17, 15) is 14.9 Å². The lowest BCUT2D eigenvalue weighted by atomic mass is 9.98. The van der Waals surface area contributed by atoms with E-state index in [1.54, 1.807) is 12.1 Å². The van der Waals surface area contributed by atoms with Gasteiger partial charge in [0.15, 0.2) is 0 Å². The van der Waals surface area contributed by atoms with E-state index in [1.807, 2.05) is 0 Å². The van der Waals surface area contributed by atoms with Gasteiger partial charge in [-0.15, -0.1) is 0 Å². The van der Waals surface area contributed by atoms with E-state index in [0.29, 0.717) is 6.54 Å². The SMILES string of the molecule is CC(C)(CNC(=O)c1ccccc1[N+](=O)[O-])N1CCCCC1. The summed E-state index contributed by atoms with van der Waals surface area (Å²) in [6.07, 6.45) is 3.62. The first-order chi connectivity index (χ1) is 10.4. The van der Waals surface area contributed by atoms with Gasteiger partial charge in [-0.2, -0.15) is 0 Å². The first-order valence-corrected chi connectivity index (χ1v) is 7.68. The highest BCUT2D eigenvalue weighted by Crippen LogP contribution is 2.21. The van der Waals surface area contributed by atoms with Crippen molar-refractivity contribution in [3.8, 4) is 0 Å². The van der Waals surface area contributed by atoms with Gasteiger partial charge in [0.05, 0.1) is 4.92 Å². The fourth-order valence-electron chi connectivity index (χ4n) is 2.83. The summed E-state index contributed by atoms with van der Waals surface area (Å²) in [6, 6.07) is 6.04. The van der Waals surface area contributed by atoms with Crippen LogP contribution in [0.4, 0.5) is 5.69 Å². The van der Waals surface area contributed by atoms with Gasteiger partial charge in [0.2, 0.25) is 0 Å². The van der Waals surface area contributed by atoms with Gasteiger partial charge in [-0.05, 0) is 45.8 Å². The van der Waals surface area contributed by atoms with Crippen LogP contribution in [0.1, 0.15) is 43.5 Å². The zero-order valence-corrected chi connectivity index (χ0v) is 13.2. The Balaban J connectivity index is 2.02. The normalized spacial score (nSPS) is 16.3. The van der Waals surface area contributed by atoms with Gasteiger partial charge in [-0.3, -0.25) is 19.8 Å². The number of piperidine rings is 1. The Morgan fingerprint density at radius 1 is 1.27 bits per heavy atom. The molecule has 0 unspecified atom stereocenters. The first-order valence-electron chi connectivity index (χ1n) is 7.68. The van der Waals surface area contributed by atoms with E-state index in [0.717, 1.165) is 13.1 Å². The molecule has 2 rings (SSSR count). The number of nitrogens with zero attached hydrogens (tertiary/aromatic N) is 2. The molecule has 1 aliphatic rings. The standard InChI is InChI=1S/C16H23N3O3/c1-16(2,18-10-6-3-7-11-18)12-17-15(20)13-8-4-5-9-14(13)19(21)22/h4-5,8-9H,3,6-7,10-12H2,1-2H3,(H,17,20). The summed E-state index contributed by atoms with van der Waals surface area (Å²) in [5.41, 5.74) is -0.197. The number of amides is 1. The van der Waals surface area contributed by atoms with E-state index in [1.165, 1.54) is 31.4 Å². The van der Waals surface area contributed by atoms with E-state index in [4.69, 9.17) is 0 Å². The van der Waals surface area contributed by atoms with E-state index in [2.05, 4.69) is 24.1 Å². The second-order valence-corrected chi connectivity index (χ2v) is 6.32. The molecular weight excluding hydrogens is 282 g/mol. The van der Waals surface area contributed by atoms with Crippen LogP contribution in [-0.2, 0) is 0 Å². The van der Waals surface area contributed by atoms with Gasteiger partial charge in [-0.25, -0.2) is 0 Å². The Kier molecular flexibility index (Phi) is 5.13. The zero-order valence-electron chi connectivity index (χ0n) is 13.2. The highest BCUT2D eigenvalue weighted by Gasteiger charge is 2.29. The minimum Gasteiger partial charge on any atom is -0.350 e. The maximum Gasteiger partial charge on any atom is 0.282 e. The predicted octanol–water partition coefficient (Wildman–Crippen LogP) is 2.59. The molecule has 0 saturated carbocycles. The highest BCUT2D eigenvalue weighted by atomic mass is 16.6. The lowest BCUT2D eigenvalue weighted by Gasteiger charge is -2.41. The van der Waals surface area contributed by atoms with Crippen LogP contribution < -0.4 is 5.32 Å². The van der Waals surface area contributed by atoms with Crippen molar-refractivity contribution in [2.45, 2.75) is 38.6 Å². The Morgan fingerprint density at radius 2 is 1.91 bits per heavy atom. The van der Waals surface area contributed by atoms with Crippen LogP contribution in [0.2, 0.25) is 0 Å². The van der Waals surface area contributed by atoms with Crippen LogP contribution >= 0.6 is 0 Å². The van der Waals surface area contributed by atoms with Crippen LogP contribution in [0.25, 0.3) is 0 Å². The molecular formula is C16H23N3O3. The largest absolute Gasteiger partial charge is 0.350 e. The minimum absolute atomic E-state index is 0.113. The van der Waals surface area contributed by atoms with Crippen molar-refractivity contribution in [2.75, 3.05) is 19.6 Å². The van der Waals surface area contributed by atoms with Crippen LogP contribution in [0.5, 0.6) is 0 Å². The van der Waals surface area contributed by atoms with Gasteiger partial charge in [0, 0.05) is 18.2 Å². The molecule has 1 amide bonds. The lowest BCUT2D eigenvalue weighted by Crippen LogP contribution is -2.53. The molecule has 0 bridgehead atoms. The molecule has 6 heteroatoms. The Bertz CT molecular complexity index is 551. The van der Waals surface area contributed by atoms with Gasteiger partial charge >= 0.3 is 0 Å². The van der Waals surface area contributed by atoms with E-state index >= 15 is 0 Å². The third-order valence-corrected chi connectivity index (χ3v) is 4.24. The molecule has 1 saturated heterocycles. The number of carbonyl (C=O) groups excluding carboxylic acids is 1. The summed E-state index contributed by atoms with van der Waals surface area (Å²) in [7, 11) is 0. The number of hydrogen-bond donors (Lipinski definition) is 1. The number of nitro benzene ring substituents is 1. The van der Waals surface area contributed by atoms with Crippen molar-refractivity contribution in [1.29, 1.82) is 0 Å². The first kappa shape index (κ1) is 16.4. The van der Waals surface area contributed by atoms with Crippen molar-refractivity contribution in [1.82, 2.24) is 10.2 Å². The Morgan fingerprint density at radius 3 is 2.55 bits per heavy atom. The summed E-state index contributed by atoms with van der Waals surface area (Å²) < 4.78 is 0. The highest BCUT2D eigenvalue weighted by molar-refractivity contribution is 5.98. The average molecular weight is 305 g/mol. The summed E-state index contributed by atoms with van der Waals surface area (Å²) in [5, 5.41) is 13.8.